The van der Waals surface area contributed by atoms with Crippen LogP contribution in [-0.2, 0) is 6.54 Å². The summed E-state index contributed by atoms with van der Waals surface area (Å²) in [5.74, 6) is -1.06. The van der Waals surface area contributed by atoms with Gasteiger partial charge in [-0.25, -0.2) is 8.78 Å². The van der Waals surface area contributed by atoms with E-state index in [2.05, 4.69) is 20.4 Å². The summed E-state index contributed by atoms with van der Waals surface area (Å²) in [5.41, 5.74) is 0.402. The van der Waals surface area contributed by atoms with Crippen molar-refractivity contribution in [3.05, 3.63) is 35.7 Å². The van der Waals surface area contributed by atoms with E-state index < -0.39 is 11.6 Å². The molecule has 5 nitrogen and oxygen atoms in total. The van der Waals surface area contributed by atoms with E-state index in [1.165, 1.54) is 6.07 Å². The molecular weight excluding hydrogens is 337 g/mol. The number of nitrogens with zero attached hydrogens (tertiary/aromatic N) is 3. The highest BCUT2D eigenvalue weighted by atomic mass is 35.5. The van der Waals surface area contributed by atoms with Gasteiger partial charge in [0.2, 0.25) is 11.7 Å². The van der Waals surface area contributed by atoms with Crippen LogP contribution in [0.4, 0.5) is 8.78 Å². The second-order valence-corrected chi connectivity index (χ2v) is 4.67. The number of aromatic nitrogens is 2. The Morgan fingerprint density at radius 1 is 1.14 bits per heavy atom. The summed E-state index contributed by atoms with van der Waals surface area (Å²) < 4.78 is 31.2. The molecule has 22 heavy (non-hydrogen) atoms. The molecule has 0 radical (unpaired) electrons. The second-order valence-electron chi connectivity index (χ2n) is 4.67. The molecule has 1 aromatic heterocycles. The molecule has 122 valence electrons. The van der Waals surface area contributed by atoms with E-state index in [1.807, 2.05) is 0 Å². The van der Waals surface area contributed by atoms with Gasteiger partial charge in [-0.3, -0.25) is 4.90 Å². The number of piperazine rings is 1. The monoisotopic (exact) mass is 352 g/mol. The van der Waals surface area contributed by atoms with Crippen molar-refractivity contribution in [3.8, 4) is 11.4 Å². The topological polar surface area (TPSA) is 54.2 Å². The third-order valence-corrected chi connectivity index (χ3v) is 3.21. The molecule has 2 aromatic rings. The Labute approximate surface area is 138 Å². The molecule has 1 aromatic carbocycles. The van der Waals surface area contributed by atoms with Crippen molar-refractivity contribution in [2.75, 3.05) is 26.2 Å². The Morgan fingerprint density at radius 3 is 2.55 bits per heavy atom. The van der Waals surface area contributed by atoms with E-state index in [1.54, 1.807) is 0 Å². The van der Waals surface area contributed by atoms with Crippen LogP contribution in [0, 0.1) is 11.6 Å². The van der Waals surface area contributed by atoms with Crippen LogP contribution >= 0.6 is 24.8 Å². The first-order chi connectivity index (χ1) is 9.72. The lowest BCUT2D eigenvalue weighted by Crippen LogP contribution is -2.42. The number of halogens is 4. The predicted molar refractivity (Wildman–Crippen MR) is 82.3 cm³/mol. The minimum atomic E-state index is -0.920. The molecule has 1 fully saturated rings. The normalized spacial score (nSPS) is 15.0. The summed E-state index contributed by atoms with van der Waals surface area (Å²) in [4.78, 5) is 6.41. The number of benzene rings is 1. The quantitative estimate of drug-likeness (QED) is 0.918. The van der Waals surface area contributed by atoms with Gasteiger partial charge < -0.3 is 9.84 Å². The summed E-state index contributed by atoms with van der Waals surface area (Å²) in [6.45, 7) is 4.28. The molecule has 0 amide bonds. The SMILES string of the molecule is Cl.Cl.Fc1ccc(-c2noc(CN3CCNCC3)n2)cc1F. The van der Waals surface area contributed by atoms with Crippen LogP contribution in [0.2, 0.25) is 0 Å². The predicted octanol–water partition coefficient (Wildman–Crippen LogP) is 2.26. The Hall–Kier alpha value is -1.28. The maximum Gasteiger partial charge on any atom is 0.241 e. The van der Waals surface area contributed by atoms with Crippen LogP contribution in [0.15, 0.2) is 22.7 Å². The molecule has 1 saturated heterocycles. The highest BCUT2D eigenvalue weighted by Gasteiger charge is 2.15. The van der Waals surface area contributed by atoms with Gasteiger partial charge in [0.1, 0.15) is 0 Å². The van der Waals surface area contributed by atoms with Gasteiger partial charge in [-0.2, -0.15) is 4.98 Å². The first kappa shape index (κ1) is 18.8. The molecule has 9 heteroatoms. The molecule has 0 saturated carbocycles. The lowest BCUT2D eigenvalue weighted by molar-refractivity contribution is 0.203. The Bertz CT molecular complexity index is 605. The standard InChI is InChI=1S/C13H14F2N4O.2ClH/c14-10-2-1-9(7-11(10)15)13-17-12(20-18-13)8-19-5-3-16-4-6-19;;/h1-2,7,16H,3-6,8H2;2*1H. The Balaban J connectivity index is 0.00000121. The fourth-order valence-corrected chi connectivity index (χ4v) is 2.13. The van der Waals surface area contributed by atoms with Crippen molar-refractivity contribution in [1.29, 1.82) is 0 Å². The molecule has 0 bridgehead atoms. The Morgan fingerprint density at radius 2 is 1.86 bits per heavy atom. The van der Waals surface area contributed by atoms with E-state index >= 15 is 0 Å². The third-order valence-electron chi connectivity index (χ3n) is 3.21. The molecular formula is C13H16Cl2F2N4O. The first-order valence-electron chi connectivity index (χ1n) is 6.43. The van der Waals surface area contributed by atoms with Crippen molar-refractivity contribution < 1.29 is 13.3 Å². The molecule has 2 heterocycles. The maximum atomic E-state index is 13.2. The summed E-state index contributed by atoms with van der Waals surface area (Å²) in [6.07, 6.45) is 0. The van der Waals surface area contributed by atoms with E-state index in [0.29, 0.717) is 18.0 Å². The fraction of sp³-hybridized carbons (Fsp3) is 0.385. The fourth-order valence-electron chi connectivity index (χ4n) is 2.13. The van der Waals surface area contributed by atoms with E-state index in [0.717, 1.165) is 38.3 Å². The van der Waals surface area contributed by atoms with Gasteiger partial charge in [0.05, 0.1) is 6.54 Å². The number of rotatable bonds is 3. The highest BCUT2D eigenvalue weighted by molar-refractivity contribution is 5.85. The highest BCUT2D eigenvalue weighted by Crippen LogP contribution is 2.19. The minimum absolute atomic E-state index is 0. The van der Waals surface area contributed by atoms with Gasteiger partial charge in [0, 0.05) is 31.7 Å². The summed E-state index contributed by atoms with van der Waals surface area (Å²) in [5, 5.41) is 7.06. The van der Waals surface area contributed by atoms with E-state index in [-0.39, 0.29) is 30.6 Å². The van der Waals surface area contributed by atoms with Crippen molar-refractivity contribution in [1.82, 2.24) is 20.4 Å². The van der Waals surface area contributed by atoms with E-state index in [4.69, 9.17) is 4.52 Å². The van der Waals surface area contributed by atoms with Crippen LogP contribution < -0.4 is 5.32 Å². The van der Waals surface area contributed by atoms with Crippen LogP contribution in [0.1, 0.15) is 5.89 Å². The van der Waals surface area contributed by atoms with Gasteiger partial charge in [-0.05, 0) is 18.2 Å². The number of hydrogen-bond acceptors (Lipinski definition) is 5. The van der Waals surface area contributed by atoms with Crippen LogP contribution in [0.5, 0.6) is 0 Å². The lowest BCUT2D eigenvalue weighted by atomic mass is 10.2. The zero-order chi connectivity index (χ0) is 13.9. The molecule has 1 aliphatic heterocycles. The van der Waals surface area contributed by atoms with Crippen molar-refractivity contribution in [2.24, 2.45) is 0 Å². The smallest absolute Gasteiger partial charge is 0.241 e. The van der Waals surface area contributed by atoms with Gasteiger partial charge in [0.15, 0.2) is 11.6 Å². The minimum Gasteiger partial charge on any atom is -0.338 e. The Kier molecular flexibility index (Phi) is 7.15. The molecule has 1 N–H and O–H groups in total. The van der Waals surface area contributed by atoms with Gasteiger partial charge in [-0.15, -0.1) is 24.8 Å². The van der Waals surface area contributed by atoms with E-state index in [9.17, 15) is 8.78 Å². The molecule has 0 unspecified atom stereocenters. The van der Waals surface area contributed by atoms with Crippen LogP contribution in [0.3, 0.4) is 0 Å². The van der Waals surface area contributed by atoms with Crippen LogP contribution in [-0.4, -0.2) is 41.2 Å². The number of hydrogen-bond donors (Lipinski definition) is 1. The molecule has 3 rings (SSSR count). The molecule has 0 atom stereocenters. The largest absolute Gasteiger partial charge is 0.338 e. The summed E-state index contributed by atoms with van der Waals surface area (Å²) in [7, 11) is 0. The van der Waals surface area contributed by atoms with Crippen molar-refractivity contribution in [3.63, 3.8) is 0 Å². The van der Waals surface area contributed by atoms with Gasteiger partial charge >= 0.3 is 0 Å². The zero-order valence-electron chi connectivity index (χ0n) is 11.6. The van der Waals surface area contributed by atoms with Crippen molar-refractivity contribution >= 4 is 24.8 Å². The van der Waals surface area contributed by atoms with Gasteiger partial charge in [-0.1, -0.05) is 5.16 Å². The average molecular weight is 353 g/mol. The third kappa shape index (κ3) is 4.36. The maximum absolute atomic E-state index is 13.2. The van der Waals surface area contributed by atoms with Crippen LogP contribution in [0.25, 0.3) is 11.4 Å². The van der Waals surface area contributed by atoms with Crippen molar-refractivity contribution in [2.45, 2.75) is 6.54 Å². The summed E-state index contributed by atoms with van der Waals surface area (Å²) >= 11 is 0. The molecule has 0 spiro atoms. The average Bonchev–Trinajstić information content (AvgIpc) is 2.91. The molecule has 0 aliphatic carbocycles. The lowest BCUT2D eigenvalue weighted by Gasteiger charge is -2.25. The molecule has 1 aliphatic rings. The zero-order valence-corrected chi connectivity index (χ0v) is 13.2. The van der Waals surface area contributed by atoms with Gasteiger partial charge in [0.25, 0.3) is 0 Å². The first-order valence-corrected chi connectivity index (χ1v) is 6.43. The number of nitrogens with one attached hydrogen (secondary N) is 1. The second kappa shape index (κ2) is 8.38. The summed E-state index contributed by atoms with van der Waals surface area (Å²) in [6, 6.07) is 3.55.